The van der Waals surface area contributed by atoms with Crippen molar-refractivity contribution in [2.75, 3.05) is 5.32 Å². The quantitative estimate of drug-likeness (QED) is 0.603. The van der Waals surface area contributed by atoms with Crippen LogP contribution in [0.25, 0.3) is 0 Å². The Morgan fingerprint density at radius 1 is 0.935 bits per heavy atom. The summed E-state index contributed by atoms with van der Waals surface area (Å²) >= 11 is 0. The lowest BCUT2D eigenvalue weighted by Crippen LogP contribution is -2.27. The molecule has 4 rings (SSSR count). The van der Waals surface area contributed by atoms with Crippen LogP contribution in [0.15, 0.2) is 65.7 Å². The highest BCUT2D eigenvalue weighted by atomic mass is 16.3. The van der Waals surface area contributed by atoms with Crippen molar-refractivity contribution in [1.82, 2.24) is 0 Å². The average molecular weight is 413 g/mol. The van der Waals surface area contributed by atoms with Crippen LogP contribution in [0.1, 0.15) is 47.2 Å². The first-order valence-electron chi connectivity index (χ1n) is 10.9. The molecule has 0 radical (unpaired) electrons. The predicted octanol–water partition coefficient (Wildman–Crippen LogP) is 5.23. The third kappa shape index (κ3) is 4.38. The van der Waals surface area contributed by atoms with Gasteiger partial charge in [0.25, 0.3) is 0 Å². The van der Waals surface area contributed by atoms with Crippen LogP contribution in [0.3, 0.4) is 0 Å². The van der Waals surface area contributed by atoms with E-state index in [9.17, 15) is 9.90 Å². The second-order valence-electron chi connectivity index (χ2n) is 8.09. The number of anilines is 1. The van der Waals surface area contributed by atoms with Crippen molar-refractivity contribution in [2.45, 2.75) is 46.1 Å². The summed E-state index contributed by atoms with van der Waals surface area (Å²) in [6.45, 7) is 6.36. The van der Waals surface area contributed by atoms with E-state index in [-0.39, 0.29) is 11.7 Å². The lowest BCUT2D eigenvalue weighted by atomic mass is 9.96. The Labute approximate surface area is 183 Å². The Morgan fingerprint density at radius 2 is 1.68 bits per heavy atom. The van der Waals surface area contributed by atoms with Gasteiger partial charge in [-0.1, -0.05) is 43.7 Å². The van der Waals surface area contributed by atoms with Gasteiger partial charge < -0.3 is 10.4 Å². The highest BCUT2D eigenvalue weighted by molar-refractivity contribution is 6.19. The fourth-order valence-corrected chi connectivity index (χ4v) is 4.15. The molecule has 3 aromatic rings. The zero-order chi connectivity index (χ0) is 22.0. The molecule has 1 aliphatic rings. The molecular formula is C27H28N2O2. The zero-order valence-electron chi connectivity index (χ0n) is 18.3. The second kappa shape index (κ2) is 8.76. The molecule has 0 fully saturated rings. The summed E-state index contributed by atoms with van der Waals surface area (Å²) < 4.78 is 0. The first-order valence-corrected chi connectivity index (χ1v) is 10.9. The second-order valence-corrected chi connectivity index (χ2v) is 8.09. The van der Waals surface area contributed by atoms with Gasteiger partial charge in [-0.2, -0.15) is 0 Å². The monoisotopic (exact) mass is 412 g/mol. The Kier molecular flexibility index (Phi) is 5.90. The number of carbonyl (C=O) groups excluding carboxylic acids is 1. The number of aryl methyl sites for hydroxylation is 3. The molecule has 1 aliphatic heterocycles. The average Bonchev–Trinajstić information content (AvgIpc) is 2.90. The molecule has 0 aliphatic carbocycles. The van der Waals surface area contributed by atoms with Crippen LogP contribution in [0.2, 0.25) is 0 Å². The van der Waals surface area contributed by atoms with Crippen molar-refractivity contribution in [3.63, 3.8) is 0 Å². The van der Waals surface area contributed by atoms with E-state index in [0.29, 0.717) is 6.42 Å². The largest absolute Gasteiger partial charge is 0.508 e. The third-order valence-corrected chi connectivity index (χ3v) is 5.88. The normalized spacial score (nSPS) is 15.6. The number of fused-ring (bicyclic) bond motifs is 1. The number of benzene rings is 3. The van der Waals surface area contributed by atoms with E-state index in [1.54, 1.807) is 12.1 Å². The first-order chi connectivity index (χ1) is 15.0. The summed E-state index contributed by atoms with van der Waals surface area (Å²) in [7, 11) is 0. The number of phenols is 1. The Hall–Kier alpha value is -3.40. The predicted molar refractivity (Wildman–Crippen MR) is 126 cm³/mol. The van der Waals surface area contributed by atoms with E-state index in [1.165, 1.54) is 11.1 Å². The van der Waals surface area contributed by atoms with Crippen LogP contribution < -0.4 is 5.32 Å². The number of hydrogen-bond donors (Lipinski definition) is 2. The topological polar surface area (TPSA) is 61.7 Å². The van der Waals surface area contributed by atoms with Gasteiger partial charge in [0.2, 0.25) is 5.91 Å². The summed E-state index contributed by atoms with van der Waals surface area (Å²) in [5.41, 5.74) is 8.21. The van der Waals surface area contributed by atoms with Gasteiger partial charge in [0.1, 0.15) is 11.8 Å². The van der Waals surface area contributed by atoms with Crippen molar-refractivity contribution in [2.24, 2.45) is 4.99 Å². The van der Waals surface area contributed by atoms with Gasteiger partial charge in [-0.3, -0.25) is 9.79 Å². The van der Waals surface area contributed by atoms with Crippen molar-refractivity contribution < 1.29 is 9.90 Å². The van der Waals surface area contributed by atoms with E-state index < -0.39 is 6.04 Å². The summed E-state index contributed by atoms with van der Waals surface area (Å²) in [5, 5.41) is 12.8. The van der Waals surface area contributed by atoms with Crippen LogP contribution in [0, 0.1) is 6.92 Å². The van der Waals surface area contributed by atoms with Gasteiger partial charge in [0, 0.05) is 17.5 Å². The highest BCUT2D eigenvalue weighted by Gasteiger charge is 2.26. The van der Waals surface area contributed by atoms with Crippen molar-refractivity contribution in [1.29, 1.82) is 0 Å². The molecular weight excluding hydrogens is 384 g/mol. The molecule has 1 unspecified atom stereocenters. The van der Waals surface area contributed by atoms with Crippen LogP contribution in [-0.2, 0) is 24.1 Å². The first kappa shape index (κ1) is 20.9. The van der Waals surface area contributed by atoms with Crippen LogP contribution in [-0.4, -0.2) is 22.8 Å². The van der Waals surface area contributed by atoms with Gasteiger partial charge >= 0.3 is 0 Å². The number of amides is 1. The number of carbonyl (C=O) groups is 1. The summed E-state index contributed by atoms with van der Waals surface area (Å²) in [5.74, 6) is 0.104. The fourth-order valence-electron chi connectivity index (χ4n) is 4.15. The molecule has 0 spiro atoms. The fraction of sp³-hybridized carbons (Fsp3) is 0.259. The maximum absolute atomic E-state index is 13.1. The van der Waals surface area contributed by atoms with Crippen molar-refractivity contribution >= 4 is 17.3 Å². The minimum absolute atomic E-state index is 0.100. The van der Waals surface area contributed by atoms with Gasteiger partial charge in [-0.25, -0.2) is 0 Å². The molecule has 1 amide bonds. The molecule has 1 heterocycles. The maximum Gasteiger partial charge on any atom is 0.249 e. The zero-order valence-corrected chi connectivity index (χ0v) is 18.3. The molecule has 1 atom stereocenters. The lowest BCUT2D eigenvalue weighted by molar-refractivity contribution is -0.117. The van der Waals surface area contributed by atoms with E-state index >= 15 is 0 Å². The molecule has 0 bridgehead atoms. The van der Waals surface area contributed by atoms with Gasteiger partial charge in [-0.15, -0.1) is 0 Å². The van der Waals surface area contributed by atoms with Gasteiger partial charge in [0.05, 0.1) is 11.4 Å². The van der Waals surface area contributed by atoms with Crippen molar-refractivity contribution in [3.8, 4) is 5.75 Å². The van der Waals surface area contributed by atoms with E-state index in [1.807, 2.05) is 31.2 Å². The number of phenolic OH excluding ortho intramolecular Hbond substituents is 1. The number of aromatic hydroxyl groups is 1. The molecule has 4 heteroatoms. The smallest absolute Gasteiger partial charge is 0.249 e. The minimum Gasteiger partial charge on any atom is -0.508 e. The Balaban J connectivity index is 1.78. The summed E-state index contributed by atoms with van der Waals surface area (Å²) in [6.07, 6.45) is 2.52. The maximum atomic E-state index is 13.1. The number of nitrogens with zero attached hydrogens (tertiary/aromatic N) is 1. The molecule has 0 saturated heterocycles. The Bertz CT molecular complexity index is 1150. The number of benzodiazepines with no additional fused rings is 1. The van der Waals surface area contributed by atoms with Gasteiger partial charge in [-0.05, 0) is 72.9 Å². The molecule has 4 nitrogen and oxygen atoms in total. The number of aliphatic imine (C=N–C) groups is 1. The number of rotatable bonds is 5. The summed E-state index contributed by atoms with van der Waals surface area (Å²) in [4.78, 5) is 18.1. The minimum atomic E-state index is -0.534. The summed E-state index contributed by atoms with van der Waals surface area (Å²) in [6, 6.07) is 18.9. The highest BCUT2D eigenvalue weighted by Crippen LogP contribution is 2.27. The van der Waals surface area contributed by atoms with Crippen molar-refractivity contribution in [3.05, 3.63) is 94.0 Å². The van der Waals surface area contributed by atoms with Crippen LogP contribution >= 0.6 is 0 Å². The van der Waals surface area contributed by atoms with Gasteiger partial charge in [0.15, 0.2) is 0 Å². The third-order valence-electron chi connectivity index (χ3n) is 5.88. The van der Waals surface area contributed by atoms with E-state index in [4.69, 9.17) is 4.99 Å². The lowest BCUT2D eigenvalue weighted by Gasteiger charge is -2.14. The molecule has 2 N–H and O–H groups in total. The SMILES string of the molecule is CCc1ccc(CC2N=C(c3ccc(O)cc3)c3cc(C)ccc3NC2=O)cc1CC. The molecule has 0 aromatic heterocycles. The van der Waals surface area contributed by atoms with Crippen LogP contribution in [0.4, 0.5) is 5.69 Å². The Morgan fingerprint density at radius 3 is 2.39 bits per heavy atom. The standard InChI is InChI=1S/C27H28N2O2/c1-4-19-8-7-18(15-20(19)5-2)16-25-27(31)29-24-13-6-17(3)14-23(24)26(28-25)21-9-11-22(30)12-10-21/h6-15,25,30H,4-5,16H2,1-3H3,(H,29,31). The van der Waals surface area contributed by atoms with E-state index in [2.05, 4.69) is 43.4 Å². The molecule has 31 heavy (non-hydrogen) atoms. The molecule has 0 saturated carbocycles. The molecule has 3 aromatic carbocycles. The number of hydrogen-bond acceptors (Lipinski definition) is 3. The van der Waals surface area contributed by atoms with Crippen LogP contribution in [0.5, 0.6) is 5.75 Å². The van der Waals surface area contributed by atoms with E-state index in [0.717, 1.165) is 46.5 Å². The molecule has 158 valence electrons. The number of nitrogens with one attached hydrogen (secondary N) is 1.